The summed E-state index contributed by atoms with van der Waals surface area (Å²) in [5.74, 6) is 1.98. The molecule has 0 rings (SSSR count). The quantitative estimate of drug-likeness (QED) is 0.146. The Morgan fingerprint density at radius 2 is 1.67 bits per heavy atom. The summed E-state index contributed by atoms with van der Waals surface area (Å²) >= 11 is 4.67. The minimum Gasteiger partial charge on any atom is -0.396 e. The number of nitrogens with zero attached hydrogens (tertiary/aromatic N) is 1. The first-order valence-electron chi connectivity index (χ1n) is 9.35. The number of unbranched alkanes of at least 4 members (excludes halogenated alkanes) is 7. The molecular formula is C17H37NO3S3. The zero-order chi connectivity index (χ0) is 17.9. The van der Waals surface area contributed by atoms with E-state index in [4.69, 9.17) is 9.29 Å². The van der Waals surface area contributed by atoms with Gasteiger partial charge in [-0.15, -0.1) is 12.6 Å². The molecule has 4 nitrogen and oxygen atoms in total. The van der Waals surface area contributed by atoms with E-state index < -0.39 is 11.1 Å². The van der Waals surface area contributed by atoms with E-state index in [1.807, 2.05) is 11.9 Å². The lowest BCUT2D eigenvalue weighted by Crippen LogP contribution is -2.21. The van der Waals surface area contributed by atoms with Crippen LogP contribution in [0.15, 0.2) is 0 Å². The van der Waals surface area contributed by atoms with Crippen LogP contribution in [0.3, 0.4) is 0 Å². The molecule has 0 aliphatic rings. The van der Waals surface area contributed by atoms with Gasteiger partial charge in [-0.1, -0.05) is 57.4 Å². The molecule has 0 aromatic heterocycles. The Labute approximate surface area is 161 Å². The molecule has 0 aliphatic heterocycles. The van der Waals surface area contributed by atoms with Crippen LogP contribution >= 0.6 is 24.6 Å². The highest BCUT2D eigenvalue weighted by molar-refractivity contribution is 7.97. The van der Waals surface area contributed by atoms with Crippen molar-refractivity contribution < 1.29 is 13.5 Å². The van der Waals surface area contributed by atoms with Gasteiger partial charge < -0.3 is 5.11 Å². The van der Waals surface area contributed by atoms with Crippen LogP contribution in [0, 0.1) is 0 Å². The van der Waals surface area contributed by atoms with Crippen molar-refractivity contribution in [1.29, 1.82) is 0 Å². The fourth-order valence-corrected chi connectivity index (χ4v) is 4.43. The van der Waals surface area contributed by atoms with Crippen molar-refractivity contribution in [3.63, 3.8) is 0 Å². The van der Waals surface area contributed by atoms with E-state index in [1.54, 1.807) is 0 Å². The summed E-state index contributed by atoms with van der Waals surface area (Å²) in [6.07, 6.45) is 11.8. The molecule has 0 aliphatic carbocycles. The lowest BCUT2D eigenvalue weighted by molar-refractivity contribution is 0.281. The van der Waals surface area contributed by atoms with Crippen molar-refractivity contribution in [2.45, 2.75) is 71.1 Å². The van der Waals surface area contributed by atoms with Crippen LogP contribution in [0.1, 0.15) is 71.1 Å². The Hall–Kier alpha value is 0.730. The highest BCUT2D eigenvalue weighted by atomic mass is 32.2. The molecule has 0 radical (unpaired) electrons. The first-order valence-corrected chi connectivity index (χ1v) is 12.2. The number of hydrogen-bond donors (Lipinski definition) is 2. The third kappa shape index (κ3) is 17.5. The van der Waals surface area contributed by atoms with Gasteiger partial charge in [0.05, 0.1) is 5.75 Å². The molecule has 1 N–H and O–H groups in total. The van der Waals surface area contributed by atoms with Crippen molar-refractivity contribution in [3.8, 4) is 0 Å². The second-order valence-corrected chi connectivity index (χ2v) is 8.62. The standard InChI is InChI=1S/C17H37NO3S3/c1-2-3-4-7-10-15-23-18(12-8-5-6-9-14-19)13-11-16-24(20)21-17-22/h19,22H,2-17H2,1H3. The summed E-state index contributed by atoms with van der Waals surface area (Å²) in [7, 11) is 0. The van der Waals surface area contributed by atoms with Crippen molar-refractivity contribution in [2.75, 3.05) is 37.1 Å². The van der Waals surface area contributed by atoms with Gasteiger partial charge in [0.15, 0.2) is 11.1 Å². The fourth-order valence-electron chi connectivity index (χ4n) is 2.37. The van der Waals surface area contributed by atoms with Gasteiger partial charge in [0, 0.05) is 25.4 Å². The Kier molecular flexibility index (Phi) is 20.7. The van der Waals surface area contributed by atoms with E-state index in [0.29, 0.717) is 12.4 Å². The molecule has 146 valence electrons. The van der Waals surface area contributed by atoms with Crippen LogP contribution in [0.25, 0.3) is 0 Å². The lowest BCUT2D eigenvalue weighted by atomic mass is 10.2. The van der Waals surface area contributed by atoms with Crippen LogP contribution in [0.4, 0.5) is 0 Å². The Morgan fingerprint density at radius 1 is 1.00 bits per heavy atom. The predicted octanol–water partition coefficient (Wildman–Crippen LogP) is 4.42. The average molecular weight is 400 g/mol. The van der Waals surface area contributed by atoms with E-state index in [9.17, 15) is 4.21 Å². The molecule has 0 heterocycles. The van der Waals surface area contributed by atoms with Crippen molar-refractivity contribution in [1.82, 2.24) is 4.31 Å². The number of aliphatic hydroxyl groups excluding tert-OH is 1. The van der Waals surface area contributed by atoms with Crippen LogP contribution in [-0.4, -0.2) is 50.8 Å². The molecule has 0 bridgehead atoms. The fraction of sp³-hybridized carbons (Fsp3) is 1.00. The second-order valence-electron chi connectivity index (χ2n) is 5.92. The Bertz CT molecular complexity index is 284. The van der Waals surface area contributed by atoms with Gasteiger partial charge in [0.2, 0.25) is 0 Å². The van der Waals surface area contributed by atoms with Crippen molar-refractivity contribution in [3.05, 3.63) is 0 Å². The topological polar surface area (TPSA) is 49.8 Å². The maximum absolute atomic E-state index is 11.5. The van der Waals surface area contributed by atoms with Gasteiger partial charge in [-0.25, -0.2) is 4.21 Å². The summed E-state index contributed by atoms with van der Waals surface area (Å²) in [6.45, 7) is 4.58. The molecule has 24 heavy (non-hydrogen) atoms. The number of aliphatic hydroxyl groups is 1. The van der Waals surface area contributed by atoms with Crippen LogP contribution in [0.2, 0.25) is 0 Å². The highest BCUT2D eigenvalue weighted by Gasteiger charge is 2.07. The summed E-state index contributed by atoms with van der Waals surface area (Å²) in [5.41, 5.74) is 0. The number of rotatable bonds is 19. The van der Waals surface area contributed by atoms with Crippen LogP contribution < -0.4 is 0 Å². The third-order valence-electron chi connectivity index (χ3n) is 3.74. The summed E-state index contributed by atoms with van der Waals surface area (Å²) in [5, 5.41) is 8.83. The molecule has 0 fully saturated rings. The minimum atomic E-state index is -1.20. The van der Waals surface area contributed by atoms with Gasteiger partial charge in [0.25, 0.3) is 0 Å². The zero-order valence-corrected chi connectivity index (χ0v) is 17.8. The Morgan fingerprint density at radius 3 is 2.38 bits per heavy atom. The SMILES string of the molecule is CCCCCCCSN(CCCCCCO)CCCS(=O)OCS. The normalized spacial score (nSPS) is 12.8. The van der Waals surface area contributed by atoms with Gasteiger partial charge >= 0.3 is 0 Å². The molecular weight excluding hydrogens is 362 g/mol. The van der Waals surface area contributed by atoms with E-state index in [-0.39, 0.29) is 5.94 Å². The molecule has 0 amide bonds. The lowest BCUT2D eigenvalue weighted by Gasteiger charge is -2.21. The smallest absolute Gasteiger partial charge is 0.156 e. The highest BCUT2D eigenvalue weighted by Crippen LogP contribution is 2.16. The second kappa shape index (κ2) is 20.0. The monoisotopic (exact) mass is 399 g/mol. The molecule has 1 unspecified atom stereocenters. The van der Waals surface area contributed by atoms with Crippen molar-refractivity contribution in [2.24, 2.45) is 0 Å². The van der Waals surface area contributed by atoms with E-state index >= 15 is 0 Å². The largest absolute Gasteiger partial charge is 0.396 e. The van der Waals surface area contributed by atoms with Crippen LogP contribution in [-0.2, 0) is 15.3 Å². The first-order chi connectivity index (χ1) is 11.7. The first kappa shape index (κ1) is 24.7. The van der Waals surface area contributed by atoms with Gasteiger partial charge in [-0.3, -0.25) is 8.49 Å². The molecule has 1 atom stereocenters. The van der Waals surface area contributed by atoms with Gasteiger partial charge in [-0.05, 0) is 25.7 Å². The Balaban J connectivity index is 3.88. The molecule has 0 saturated heterocycles. The average Bonchev–Trinajstić information content (AvgIpc) is 2.57. The molecule has 0 aromatic carbocycles. The number of hydrogen-bond acceptors (Lipinski definition) is 6. The summed E-state index contributed by atoms with van der Waals surface area (Å²) in [4.78, 5) is 0. The van der Waals surface area contributed by atoms with Crippen LogP contribution in [0.5, 0.6) is 0 Å². The summed E-state index contributed by atoms with van der Waals surface area (Å²) < 4.78 is 18.9. The van der Waals surface area contributed by atoms with Gasteiger partial charge in [0.1, 0.15) is 5.94 Å². The third-order valence-corrected chi connectivity index (χ3v) is 6.25. The van der Waals surface area contributed by atoms with Crippen molar-refractivity contribution >= 4 is 35.7 Å². The molecule has 0 saturated carbocycles. The summed E-state index contributed by atoms with van der Waals surface area (Å²) in [6, 6.07) is 0. The maximum atomic E-state index is 11.5. The maximum Gasteiger partial charge on any atom is 0.156 e. The van der Waals surface area contributed by atoms with E-state index in [1.165, 1.54) is 50.7 Å². The zero-order valence-electron chi connectivity index (χ0n) is 15.3. The van der Waals surface area contributed by atoms with E-state index in [0.717, 1.165) is 32.4 Å². The molecule has 7 heteroatoms. The molecule has 0 spiro atoms. The van der Waals surface area contributed by atoms with Gasteiger partial charge in [-0.2, -0.15) is 0 Å². The molecule has 0 aromatic rings. The minimum absolute atomic E-state index is 0.216. The predicted molar refractivity (Wildman–Crippen MR) is 111 cm³/mol. The van der Waals surface area contributed by atoms with E-state index in [2.05, 4.69) is 23.9 Å². The number of thiol groups is 1.